The number of hydrogen-bond donors (Lipinski definition) is 1. The molecule has 172 valence electrons. The number of esters is 1. The molecule has 0 radical (unpaired) electrons. The lowest BCUT2D eigenvalue weighted by atomic mass is 9.84. The van der Waals surface area contributed by atoms with Crippen LogP contribution in [0.5, 0.6) is 5.75 Å². The molecule has 1 fully saturated rings. The summed E-state index contributed by atoms with van der Waals surface area (Å²) in [7, 11) is 0. The van der Waals surface area contributed by atoms with Gasteiger partial charge in [-0.3, -0.25) is 0 Å². The second kappa shape index (κ2) is 8.76. The van der Waals surface area contributed by atoms with Crippen molar-refractivity contribution in [3.63, 3.8) is 0 Å². The largest absolute Gasteiger partial charge is 0.423 e. The molecule has 0 atom stereocenters. The average molecular weight is 459 g/mol. The van der Waals surface area contributed by atoms with E-state index in [-0.39, 0.29) is 11.6 Å². The van der Waals surface area contributed by atoms with E-state index in [1.807, 2.05) is 11.0 Å². The molecule has 0 amide bonds. The second-order valence-electron chi connectivity index (χ2n) is 8.40. The fraction of sp³-hybridized carbons (Fsp3) is 0.185. The lowest BCUT2D eigenvalue weighted by Crippen LogP contribution is -2.44. The van der Waals surface area contributed by atoms with Gasteiger partial charge in [0.05, 0.1) is 11.2 Å². The Morgan fingerprint density at radius 3 is 2.38 bits per heavy atom. The van der Waals surface area contributed by atoms with E-state index in [0.29, 0.717) is 53.7 Å². The molecule has 1 aliphatic heterocycles. The summed E-state index contributed by atoms with van der Waals surface area (Å²) < 4.78 is 24.2. The number of carbonyl (C=O) groups excluding carboxylic acids is 1. The van der Waals surface area contributed by atoms with Crippen molar-refractivity contribution in [1.82, 2.24) is 0 Å². The quantitative estimate of drug-likeness (QED) is 0.272. The highest BCUT2D eigenvalue weighted by Crippen LogP contribution is 2.34. The predicted octanol–water partition coefficient (Wildman–Crippen LogP) is 4.64. The lowest BCUT2D eigenvalue weighted by molar-refractivity contribution is 0.0116. The number of benzene rings is 3. The molecule has 6 nitrogen and oxygen atoms in total. The Morgan fingerprint density at radius 2 is 1.68 bits per heavy atom. The molecule has 2 heterocycles. The van der Waals surface area contributed by atoms with Gasteiger partial charge in [0.2, 0.25) is 0 Å². The standard InChI is InChI=1S/C27H22FNO5/c28-21-9-7-20(8-10-21)27(32)12-14-29(15-13-27)23-16-19-6-11-22(17-24(19)34-26(23)31)33-25(30)18-4-2-1-3-5-18/h1-11,16-17,32H,12-15H2. The Bertz CT molecular complexity index is 1390. The zero-order valence-corrected chi connectivity index (χ0v) is 18.2. The first-order chi connectivity index (χ1) is 16.4. The van der Waals surface area contributed by atoms with Crippen LogP contribution in [0.15, 0.2) is 88.1 Å². The summed E-state index contributed by atoms with van der Waals surface area (Å²) in [4.78, 5) is 26.9. The maximum Gasteiger partial charge on any atom is 0.360 e. The van der Waals surface area contributed by atoms with E-state index in [4.69, 9.17) is 9.15 Å². The number of aliphatic hydroxyl groups is 1. The van der Waals surface area contributed by atoms with Gasteiger partial charge in [0.25, 0.3) is 0 Å². The molecular formula is C27H22FNO5. The first-order valence-corrected chi connectivity index (χ1v) is 11.0. The van der Waals surface area contributed by atoms with Crippen molar-refractivity contribution in [3.8, 4) is 5.75 Å². The summed E-state index contributed by atoms with van der Waals surface area (Å²) in [5.74, 6) is -0.572. The van der Waals surface area contributed by atoms with Crippen LogP contribution in [0.1, 0.15) is 28.8 Å². The Kier molecular flexibility index (Phi) is 5.63. The highest BCUT2D eigenvalue weighted by Gasteiger charge is 2.35. The fourth-order valence-corrected chi connectivity index (χ4v) is 4.27. The van der Waals surface area contributed by atoms with Crippen molar-refractivity contribution < 1.29 is 23.4 Å². The van der Waals surface area contributed by atoms with Crippen LogP contribution in [-0.2, 0) is 5.60 Å². The van der Waals surface area contributed by atoms with Crippen LogP contribution in [0.2, 0.25) is 0 Å². The van der Waals surface area contributed by atoms with Crippen LogP contribution >= 0.6 is 0 Å². The van der Waals surface area contributed by atoms with E-state index in [0.717, 1.165) is 0 Å². The van der Waals surface area contributed by atoms with Crippen LogP contribution < -0.4 is 15.3 Å². The molecule has 7 heteroatoms. The van der Waals surface area contributed by atoms with E-state index in [2.05, 4.69) is 0 Å². The highest BCUT2D eigenvalue weighted by molar-refractivity contribution is 5.91. The molecule has 34 heavy (non-hydrogen) atoms. The molecule has 0 aliphatic carbocycles. The maximum atomic E-state index is 13.2. The van der Waals surface area contributed by atoms with Gasteiger partial charge in [0.15, 0.2) is 0 Å². The maximum absolute atomic E-state index is 13.2. The number of rotatable bonds is 4. The first-order valence-electron chi connectivity index (χ1n) is 11.0. The molecule has 0 bridgehead atoms. The van der Waals surface area contributed by atoms with Gasteiger partial charge in [-0.2, -0.15) is 0 Å². The van der Waals surface area contributed by atoms with Crippen LogP contribution in [0.3, 0.4) is 0 Å². The smallest absolute Gasteiger partial charge is 0.360 e. The molecule has 1 saturated heterocycles. The summed E-state index contributed by atoms with van der Waals surface area (Å²) in [6.07, 6.45) is 0.787. The molecule has 1 N–H and O–H groups in total. The Hall–Kier alpha value is -3.97. The van der Waals surface area contributed by atoms with E-state index < -0.39 is 17.2 Å². The van der Waals surface area contributed by atoms with Gasteiger partial charge in [-0.05, 0) is 60.9 Å². The zero-order valence-electron chi connectivity index (χ0n) is 18.2. The number of ether oxygens (including phenoxy) is 1. The van der Waals surface area contributed by atoms with Gasteiger partial charge in [0.1, 0.15) is 22.8 Å². The number of halogens is 1. The predicted molar refractivity (Wildman–Crippen MR) is 126 cm³/mol. The van der Waals surface area contributed by atoms with E-state index in [1.54, 1.807) is 54.6 Å². The summed E-state index contributed by atoms with van der Waals surface area (Å²) in [5, 5.41) is 11.7. The minimum atomic E-state index is -1.07. The molecule has 1 aromatic heterocycles. The average Bonchev–Trinajstić information content (AvgIpc) is 2.85. The molecule has 4 aromatic rings. The number of fused-ring (bicyclic) bond motifs is 1. The van der Waals surface area contributed by atoms with Crippen molar-refractivity contribution in [2.75, 3.05) is 18.0 Å². The highest BCUT2D eigenvalue weighted by atomic mass is 19.1. The van der Waals surface area contributed by atoms with E-state index in [1.165, 1.54) is 18.2 Å². The molecule has 1 aliphatic rings. The van der Waals surface area contributed by atoms with Crippen molar-refractivity contribution in [3.05, 3.63) is 106 Å². The summed E-state index contributed by atoms with van der Waals surface area (Å²) in [6, 6.07) is 21.1. The van der Waals surface area contributed by atoms with E-state index >= 15 is 0 Å². The van der Waals surface area contributed by atoms with Crippen LogP contribution in [0.25, 0.3) is 11.0 Å². The normalized spacial score (nSPS) is 15.3. The van der Waals surface area contributed by atoms with Gasteiger partial charge >= 0.3 is 11.6 Å². The third kappa shape index (κ3) is 4.30. The summed E-state index contributed by atoms with van der Waals surface area (Å²) in [6.45, 7) is 0.883. The van der Waals surface area contributed by atoms with Gasteiger partial charge in [-0.15, -0.1) is 0 Å². The molecule has 0 spiro atoms. The third-order valence-electron chi connectivity index (χ3n) is 6.22. The Balaban J connectivity index is 1.33. The Morgan fingerprint density at radius 1 is 0.971 bits per heavy atom. The molecular weight excluding hydrogens is 437 g/mol. The number of nitrogens with zero attached hydrogens (tertiary/aromatic N) is 1. The van der Waals surface area contributed by atoms with Crippen molar-refractivity contribution in [2.45, 2.75) is 18.4 Å². The zero-order chi connectivity index (χ0) is 23.7. The Labute approximate surface area is 194 Å². The summed E-state index contributed by atoms with van der Waals surface area (Å²) in [5.41, 5.74) is 0.223. The SMILES string of the molecule is O=C(Oc1ccc2cc(N3CCC(O)(c4ccc(F)cc4)CC3)c(=O)oc2c1)c1ccccc1. The van der Waals surface area contributed by atoms with Gasteiger partial charge < -0.3 is 19.2 Å². The number of carbonyl (C=O) groups is 1. The van der Waals surface area contributed by atoms with Crippen LogP contribution in [0.4, 0.5) is 10.1 Å². The second-order valence-corrected chi connectivity index (χ2v) is 8.40. The first kappa shape index (κ1) is 21.9. The molecule has 0 saturated carbocycles. The lowest BCUT2D eigenvalue weighted by Gasteiger charge is -2.39. The number of hydrogen-bond acceptors (Lipinski definition) is 6. The monoisotopic (exact) mass is 459 g/mol. The van der Waals surface area contributed by atoms with Crippen molar-refractivity contribution >= 4 is 22.6 Å². The van der Waals surface area contributed by atoms with Crippen LogP contribution in [0, 0.1) is 5.82 Å². The van der Waals surface area contributed by atoms with Crippen molar-refractivity contribution in [1.29, 1.82) is 0 Å². The topological polar surface area (TPSA) is 80.0 Å². The van der Waals surface area contributed by atoms with E-state index in [9.17, 15) is 19.1 Å². The number of anilines is 1. The molecule has 3 aromatic carbocycles. The van der Waals surface area contributed by atoms with Gasteiger partial charge in [0, 0.05) is 24.5 Å². The van der Waals surface area contributed by atoms with Gasteiger partial charge in [-0.25, -0.2) is 14.0 Å². The number of piperidine rings is 1. The minimum absolute atomic E-state index is 0.277. The van der Waals surface area contributed by atoms with Crippen LogP contribution in [-0.4, -0.2) is 24.2 Å². The fourth-order valence-electron chi connectivity index (χ4n) is 4.27. The summed E-state index contributed by atoms with van der Waals surface area (Å²) >= 11 is 0. The third-order valence-corrected chi connectivity index (χ3v) is 6.22. The molecule has 0 unspecified atom stereocenters. The molecule has 5 rings (SSSR count). The van der Waals surface area contributed by atoms with Gasteiger partial charge in [-0.1, -0.05) is 30.3 Å². The minimum Gasteiger partial charge on any atom is -0.423 e. The van der Waals surface area contributed by atoms with Crippen molar-refractivity contribution in [2.24, 2.45) is 0 Å².